The fraction of sp³-hybridized carbons (Fsp3) is 0.333. The van der Waals surface area contributed by atoms with Crippen LogP contribution < -0.4 is 10.2 Å². The number of amides is 1. The quantitative estimate of drug-likeness (QED) is 0.230. The fourth-order valence-electron chi connectivity index (χ4n) is 7.78. The molecule has 0 saturated carbocycles. The molecule has 3 heterocycles. The van der Waals surface area contributed by atoms with E-state index in [-0.39, 0.29) is 35.6 Å². The molecular formula is C39H41N3O3S. The second kappa shape index (κ2) is 12.2. The summed E-state index contributed by atoms with van der Waals surface area (Å²) in [5.41, 5.74) is 4.05. The Balaban J connectivity index is 1.18. The number of carbonyl (C=O) groups excluding carboxylic acids is 2. The normalized spacial score (nSPS) is 20.1. The average Bonchev–Trinajstić information content (AvgIpc) is 3.56. The lowest BCUT2D eigenvalue weighted by atomic mass is 9.72. The number of carbonyl (C=O) groups is 2. The van der Waals surface area contributed by atoms with Gasteiger partial charge >= 0.3 is 0 Å². The predicted octanol–water partition coefficient (Wildman–Crippen LogP) is 7.54. The number of anilines is 2. The molecule has 0 bridgehead atoms. The number of ketones is 1. The van der Waals surface area contributed by atoms with Crippen molar-refractivity contribution in [3.63, 3.8) is 0 Å². The molecule has 2 N–H and O–H groups in total. The maximum Gasteiger partial charge on any atom is 0.242 e. The molecule has 6 nitrogen and oxygen atoms in total. The highest BCUT2D eigenvalue weighted by Crippen LogP contribution is 2.49. The summed E-state index contributed by atoms with van der Waals surface area (Å²) in [5, 5.41) is 18.1. The Bertz CT molecular complexity index is 1700. The van der Waals surface area contributed by atoms with Crippen LogP contribution in [0.4, 0.5) is 11.4 Å². The maximum absolute atomic E-state index is 14.2. The van der Waals surface area contributed by atoms with Gasteiger partial charge in [-0.25, -0.2) is 0 Å². The van der Waals surface area contributed by atoms with Crippen molar-refractivity contribution in [2.75, 3.05) is 29.9 Å². The van der Waals surface area contributed by atoms with Gasteiger partial charge in [-0.3, -0.25) is 9.59 Å². The van der Waals surface area contributed by atoms with Crippen LogP contribution in [-0.4, -0.2) is 41.3 Å². The molecule has 1 unspecified atom stereocenters. The van der Waals surface area contributed by atoms with E-state index in [1.165, 1.54) is 0 Å². The predicted molar refractivity (Wildman–Crippen MR) is 185 cm³/mol. The van der Waals surface area contributed by atoms with Gasteiger partial charge in [-0.15, -0.1) is 11.3 Å². The van der Waals surface area contributed by atoms with Gasteiger partial charge < -0.3 is 20.2 Å². The summed E-state index contributed by atoms with van der Waals surface area (Å²) in [7, 11) is 0. The molecule has 3 aliphatic rings. The number of nitrogens with zero attached hydrogens (tertiary/aromatic N) is 2. The van der Waals surface area contributed by atoms with Gasteiger partial charge in [-0.05, 0) is 65.3 Å². The number of hydrogen-bond donors (Lipinski definition) is 2. The lowest BCUT2D eigenvalue weighted by molar-refractivity contribution is -0.132. The Labute approximate surface area is 275 Å². The molecule has 236 valence electrons. The molecule has 1 aliphatic carbocycles. The zero-order chi connectivity index (χ0) is 31.9. The Morgan fingerprint density at radius 3 is 2.15 bits per heavy atom. The second-order valence-corrected chi connectivity index (χ2v) is 14.7. The summed E-state index contributed by atoms with van der Waals surface area (Å²) in [6.45, 7) is 5.57. The highest BCUT2D eigenvalue weighted by molar-refractivity contribution is 7.10. The van der Waals surface area contributed by atoms with E-state index in [0.717, 1.165) is 45.1 Å². The molecule has 3 aromatic carbocycles. The molecule has 1 aromatic heterocycles. The van der Waals surface area contributed by atoms with Crippen LogP contribution in [-0.2, 0) is 15.2 Å². The topological polar surface area (TPSA) is 72.9 Å². The Morgan fingerprint density at radius 2 is 1.52 bits per heavy atom. The summed E-state index contributed by atoms with van der Waals surface area (Å²) >= 11 is 1.63. The zero-order valence-corrected chi connectivity index (χ0v) is 27.3. The molecule has 7 rings (SSSR count). The molecule has 4 aromatic rings. The number of nitrogens with one attached hydrogen (secondary N) is 1. The van der Waals surface area contributed by atoms with Gasteiger partial charge in [0.15, 0.2) is 5.78 Å². The summed E-state index contributed by atoms with van der Waals surface area (Å²) < 4.78 is 0. The third-order valence-corrected chi connectivity index (χ3v) is 10.9. The van der Waals surface area contributed by atoms with Crippen molar-refractivity contribution in [2.24, 2.45) is 11.3 Å². The number of para-hydroxylation sites is 2. The van der Waals surface area contributed by atoms with Crippen molar-refractivity contribution in [2.45, 2.75) is 51.2 Å². The summed E-state index contributed by atoms with van der Waals surface area (Å²) in [6, 6.07) is 31.7. The first-order valence-electron chi connectivity index (χ1n) is 16.3. The molecule has 0 spiro atoms. The van der Waals surface area contributed by atoms with E-state index >= 15 is 0 Å². The number of Topliss-reactive ketones (excluding diaryl/α,β-unsaturated/α-hetero) is 1. The number of piperidine rings is 1. The van der Waals surface area contributed by atoms with Crippen LogP contribution in [0.2, 0.25) is 0 Å². The summed E-state index contributed by atoms with van der Waals surface area (Å²) in [6.07, 6.45) is 2.61. The van der Waals surface area contributed by atoms with Crippen LogP contribution in [0, 0.1) is 11.3 Å². The molecular weight excluding hydrogens is 591 g/mol. The lowest BCUT2D eigenvalue weighted by Gasteiger charge is -2.43. The number of benzene rings is 3. The van der Waals surface area contributed by atoms with Crippen LogP contribution in [0.3, 0.4) is 0 Å². The standard InChI is InChI=1S/C39H41N3O3S/c1-38(2)24-31-36(33(43)25-38)37(34-18-11-23-46-34)42(32-17-10-9-16-30(32)40-31)26-35(44)41-21-19-29(20-22-41)39(45,27-12-5-3-6-13-27)28-14-7-4-8-15-28/h3-18,23,29,37,40,45H,19-22,24-26H2,1-2H3. The Hall–Kier alpha value is -4.20. The van der Waals surface area contributed by atoms with Crippen molar-refractivity contribution in [3.8, 4) is 0 Å². The maximum atomic E-state index is 14.2. The number of allylic oxidation sites excluding steroid dienone is 1. The third kappa shape index (κ3) is 5.56. The molecule has 2 aliphatic heterocycles. The van der Waals surface area contributed by atoms with Crippen molar-refractivity contribution in [1.29, 1.82) is 0 Å². The fourth-order valence-corrected chi connectivity index (χ4v) is 8.63. The van der Waals surface area contributed by atoms with Crippen LogP contribution in [0.5, 0.6) is 0 Å². The minimum Gasteiger partial charge on any atom is -0.380 e. The number of hydrogen-bond acceptors (Lipinski definition) is 6. The van der Waals surface area contributed by atoms with Crippen molar-refractivity contribution >= 4 is 34.4 Å². The van der Waals surface area contributed by atoms with Gasteiger partial charge in [-0.2, -0.15) is 0 Å². The summed E-state index contributed by atoms with van der Waals surface area (Å²) in [5.74, 6) is 0.133. The van der Waals surface area contributed by atoms with E-state index in [1.807, 2.05) is 95.2 Å². The van der Waals surface area contributed by atoms with Gasteiger partial charge in [0.05, 0.1) is 24.0 Å². The van der Waals surface area contributed by atoms with E-state index in [9.17, 15) is 14.7 Å². The molecule has 1 saturated heterocycles. The van der Waals surface area contributed by atoms with E-state index in [0.29, 0.717) is 32.4 Å². The molecule has 0 radical (unpaired) electrons. The van der Waals surface area contributed by atoms with Crippen molar-refractivity contribution < 1.29 is 14.7 Å². The smallest absolute Gasteiger partial charge is 0.242 e. The number of fused-ring (bicyclic) bond motifs is 1. The number of rotatable bonds is 6. The first-order valence-corrected chi connectivity index (χ1v) is 17.2. The SMILES string of the molecule is CC1(C)CC(=O)C2=C(C1)Nc1ccccc1N(CC(=O)N1CCC(C(O)(c3ccccc3)c3ccccc3)CC1)C2c1cccs1. The second-order valence-electron chi connectivity index (χ2n) is 13.7. The van der Waals surface area contributed by atoms with Gasteiger partial charge in [-0.1, -0.05) is 92.7 Å². The average molecular weight is 632 g/mol. The Morgan fingerprint density at radius 1 is 0.891 bits per heavy atom. The van der Waals surface area contributed by atoms with E-state index < -0.39 is 5.60 Å². The van der Waals surface area contributed by atoms with E-state index in [2.05, 4.69) is 36.2 Å². The van der Waals surface area contributed by atoms with Crippen LogP contribution in [0.25, 0.3) is 0 Å². The van der Waals surface area contributed by atoms with Gasteiger partial charge in [0, 0.05) is 35.7 Å². The first kappa shape index (κ1) is 30.5. The zero-order valence-electron chi connectivity index (χ0n) is 26.5. The highest BCUT2D eigenvalue weighted by Gasteiger charge is 2.44. The molecule has 1 atom stereocenters. The number of thiophene rings is 1. The van der Waals surface area contributed by atoms with Gasteiger partial charge in [0.1, 0.15) is 5.60 Å². The third-order valence-electron chi connectivity index (χ3n) is 9.99. The summed E-state index contributed by atoms with van der Waals surface area (Å²) in [4.78, 5) is 33.3. The van der Waals surface area contributed by atoms with Crippen LogP contribution in [0.1, 0.15) is 61.6 Å². The molecule has 1 amide bonds. The molecule has 1 fully saturated rings. The number of likely N-dealkylation sites (tertiary alicyclic amines) is 1. The highest BCUT2D eigenvalue weighted by atomic mass is 32.1. The van der Waals surface area contributed by atoms with Gasteiger partial charge in [0.25, 0.3) is 0 Å². The minimum atomic E-state index is -1.14. The molecule has 7 heteroatoms. The number of aliphatic hydroxyl groups is 1. The van der Waals surface area contributed by atoms with E-state index in [4.69, 9.17) is 0 Å². The largest absolute Gasteiger partial charge is 0.380 e. The van der Waals surface area contributed by atoms with Crippen LogP contribution in [0.15, 0.2) is 114 Å². The Kier molecular flexibility index (Phi) is 8.07. The van der Waals surface area contributed by atoms with Crippen molar-refractivity contribution in [1.82, 2.24) is 4.90 Å². The monoisotopic (exact) mass is 631 g/mol. The van der Waals surface area contributed by atoms with Gasteiger partial charge in [0.2, 0.25) is 5.91 Å². The first-order chi connectivity index (χ1) is 22.2. The van der Waals surface area contributed by atoms with Crippen LogP contribution >= 0.6 is 11.3 Å². The van der Waals surface area contributed by atoms with Crippen molar-refractivity contribution in [3.05, 3.63) is 130 Å². The lowest BCUT2D eigenvalue weighted by Crippen LogP contribution is -2.49. The van der Waals surface area contributed by atoms with E-state index in [1.54, 1.807) is 11.3 Å². The minimum absolute atomic E-state index is 0.0328. The molecule has 46 heavy (non-hydrogen) atoms.